The standard InChI is InChI=1S/C12H17N3O.C3H8/c1-15-7-3-5-11(9-15)14-12(16)10-4-2-6-13-8-10;1-3-2/h2,4,6,8,11H,3,5,7,9H2,1H3,(H,14,16);3H2,1-2H3/t11-;/m1./s1. The lowest BCUT2D eigenvalue weighted by Gasteiger charge is -2.30. The van der Waals surface area contributed by atoms with E-state index in [0.29, 0.717) is 5.56 Å². The minimum absolute atomic E-state index is 0.0200. The molecular formula is C15H25N3O. The molecule has 1 amide bonds. The molecule has 1 atom stereocenters. The zero-order valence-corrected chi connectivity index (χ0v) is 12.2. The first-order chi connectivity index (χ1) is 9.17. The van der Waals surface area contributed by atoms with E-state index in [0.717, 1.165) is 25.9 Å². The second-order valence-electron chi connectivity index (χ2n) is 5.02. The van der Waals surface area contributed by atoms with Crippen molar-refractivity contribution in [2.75, 3.05) is 20.1 Å². The lowest BCUT2D eigenvalue weighted by Crippen LogP contribution is -2.46. The highest BCUT2D eigenvalue weighted by molar-refractivity contribution is 5.94. The zero-order valence-electron chi connectivity index (χ0n) is 12.2. The second-order valence-corrected chi connectivity index (χ2v) is 5.02. The van der Waals surface area contributed by atoms with Crippen molar-refractivity contribution in [1.82, 2.24) is 15.2 Å². The largest absolute Gasteiger partial charge is 0.348 e. The van der Waals surface area contributed by atoms with E-state index in [2.05, 4.69) is 36.1 Å². The van der Waals surface area contributed by atoms with Gasteiger partial charge in [0.15, 0.2) is 0 Å². The maximum absolute atomic E-state index is 11.8. The maximum Gasteiger partial charge on any atom is 0.253 e. The molecule has 0 aliphatic carbocycles. The van der Waals surface area contributed by atoms with Crippen LogP contribution in [0.1, 0.15) is 43.5 Å². The van der Waals surface area contributed by atoms with Crippen molar-refractivity contribution in [2.45, 2.75) is 39.2 Å². The molecule has 0 aromatic carbocycles. The molecule has 2 rings (SSSR count). The van der Waals surface area contributed by atoms with Crippen molar-refractivity contribution in [3.05, 3.63) is 30.1 Å². The number of carbonyl (C=O) groups is 1. The zero-order chi connectivity index (χ0) is 14.1. The topological polar surface area (TPSA) is 45.2 Å². The van der Waals surface area contributed by atoms with E-state index in [-0.39, 0.29) is 11.9 Å². The van der Waals surface area contributed by atoms with Crippen LogP contribution in [0, 0.1) is 0 Å². The van der Waals surface area contributed by atoms with Crippen LogP contribution >= 0.6 is 0 Å². The Morgan fingerprint density at radius 1 is 1.53 bits per heavy atom. The molecule has 0 saturated carbocycles. The fourth-order valence-electron chi connectivity index (χ4n) is 2.05. The molecule has 1 aromatic rings. The number of nitrogens with one attached hydrogen (secondary N) is 1. The van der Waals surface area contributed by atoms with Crippen molar-refractivity contribution in [1.29, 1.82) is 0 Å². The monoisotopic (exact) mass is 263 g/mol. The van der Waals surface area contributed by atoms with Gasteiger partial charge in [-0.05, 0) is 38.6 Å². The summed E-state index contributed by atoms with van der Waals surface area (Å²) in [6.45, 7) is 6.31. The molecule has 1 N–H and O–H groups in total. The van der Waals surface area contributed by atoms with Gasteiger partial charge in [-0.3, -0.25) is 9.78 Å². The van der Waals surface area contributed by atoms with Crippen LogP contribution in [0.15, 0.2) is 24.5 Å². The van der Waals surface area contributed by atoms with E-state index >= 15 is 0 Å². The Bertz CT molecular complexity index is 367. The molecule has 1 saturated heterocycles. The lowest BCUT2D eigenvalue weighted by atomic mass is 10.1. The number of rotatable bonds is 2. The SMILES string of the molecule is CCC.CN1CCC[C@@H](NC(=O)c2cccnc2)C1. The van der Waals surface area contributed by atoms with Crippen molar-refractivity contribution in [3.63, 3.8) is 0 Å². The molecule has 106 valence electrons. The Kier molecular flexibility index (Phi) is 7.11. The van der Waals surface area contributed by atoms with Crippen LogP contribution in [0.25, 0.3) is 0 Å². The number of hydrogen-bond donors (Lipinski definition) is 1. The number of likely N-dealkylation sites (N-methyl/N-ethyl adjacent to an activating group) is 1. The summed E-state index contributed by atoms with van der Waals surface area (Å²) < 4.78 is 0. The molecule has 1 fully saturated rings. The minimum Gasteiger partial charge on any atom is -0.348 e. The third-order valence-corrected chi connectivity index (χ3v) is 2.88. The van der Waals surface area contributed by atoms with Crippen LogP contribution in [0.5, 0.6) is 0 Å². The minimum atomic E-state index is -0.0200. The molecule has 0 radical (unpaired) electrons. The number of likely N-dealkylation sites (tertiary alicyclic amines) is 1. The summed E-state index contributed by atoms with van der Waals surface area (Å²) in [6.07, 6.45) is 6.73. The van der Waals surface area contributed by atoms with Gasteiger partial charge >= 0.3 is 0 Å². The van der Waals surface area contributed by atoms with Gasteiger partial charge in [0, 0.05) is 25.0 Å². The van der Waals surface area contributed by atoms with Gasteiger partial charge in [-0.25, -0.2) is 0 Å². The fraction of sp³-hybridized carbons (Fsp3) is 0.600. The highest BCUT2D eigenvalue weighted by Gasteiger charge is 2.19. The van der Waals surface area contributed by atoms with Crippen molar-refractivity contribution >= 4 is 5.91 Å². The van der Waals surface area contributed by atoms with Crippen molar-refractivity contribution in [3.8, 4) is 0 Å². The van der Waals surface area contributed by atoms with Crippen molar-refractivity contribution in [2.24, 2.45) is 0 Å². The second kappa shape index (κ2) is 8.64. The van der Waals surface area contributed by atoms with Gasteiger partial charge in [0.25, 0.3) is 5.91 Å². The molecule has 19 heavy (non-hydrogen) atoms. The molecule has 0 unspecified atom stereocenters. The quantitative estimate of drug-likeness (QED) is 0.890. The van der Waals surface area contributed by atoms with Crippen LogP contribution in [0.4, 0.5) is 0 Å². The number of amides is 1. The van der Waals surface area contributed by atoms with Crippen LogP contribution in [-0.4, -0.2) is 42.0 Å². The summed E-state index contributed by atoms with van der Waals surface area (Å²) in [6, 6.07) is 3.84. The van der Waals surface area contributed by atoms with Gasteiger partial charge in [-0.15, -0.1) is 0 Å². The van der Waals surface area contributed by atoms with Gasteiger partial charge in [0.2, 0.25) is 0 Å². The summed E-state index contributed by atoms with van der Waals surface area (Å²) in [5.41, 5.74) is 0.635. The lowest BCUT2D eigenvalue weighted by molar-refractivity contribution is 0.0912. The van der Waals surface area contributed by atoms with E-state index in [1.807, 2.05) is 0 Å². The van der Waals surface area contributed by atoms with E-state index in [1.54, 1.807) is 24.5 Å². The fourth-order valence-corrected chi connectivity index (χ4v) is 2.05. The number of aromatic nitrogens is 1. The number of pyridine rings is 1. The molecule has 2 heterocycles. The smallest absolute Gasteiger partial charge is 0.253 e. The molecule has 1 aromatic heterocycles. The van der Waals surface area contributed by atoms with Gasteiger partial charge in [-0.2, -0.15) is 0 Å². The summed E-state index contributed by atoms with van der Waals surface area (Å²) in [5.74, 6) is -0.0200. The molecule has 1 aliphatic rings. The van der Waals surface area contributed by atoms with Crippen LogP contribution < -0.4 is 5.32 Å². The Morgan fingerprint density at radius 3 is 2.84 bits per heavy atom. The number of carbonyl (C=O) groups excluding carboxylic acids is 1. The predicted molar refractivity (Wildman–Crippen MR) is 78.2 cm³/mol. The maximum atomic E-state index is 11.8. The molecule has 1 aliphatic heterocycles. The third kappa shape index (κ3) is 5.83. The van der Waals surface area contributed by atoms with Crippen LogP contribution in [0.2, 0.25) is 0 Å². The normalized spacial score (nSPS) is 19.2. The van der Waals surface area contributed by atoms with Gasteiger partial charge < -0.3 is 10.2 Å². The van der Waals surface area contributed by atoms with E-state index in [9.17, 15) is 4.79 Å². The highest BCUT2D eigenvalue weighted by Crippen LogP contribution is 2.08. The molecule has 0 spiro atoms. The Hall–Kier alpha value is -1.42. The van der Waals surface area contributed by atoms with Gasteiger partial charge in [0.05, 0.1) is 5.56 Å². The van der Waals surface area contributed by atoms with Crippen LogP contribution in [-0.2, 0) is 0 Å². The van der Waals surface area contributed by atoms with E-state index in [1.165, 1.54) is 6.42 Å². The van der Waals surface area contributed by atoms with E-state index in [4.69, 9.17) is 0 Å². The third-order valence-electron chi connectivity index (χ3n) is 2.88. The summed E-state index contributed by atoms with van der Waals surface area (Å²) in [7, 11) is 2.09. The number of hydrogen-bond acceptors (Lipinski definition) is 3. The first-order valence-electron chi connectivity index (χ1n) is 7.06. The molecular weight excluding hydrogens is 238 g/mol. The Morgan fingerprint density at radius 2 is 2.26 bits per heavy atom. The summed E-state index contributed by atoms with van der Waals surface area (Å²) >= 11 is 0. The molecule has 0 bridgehead atoms. The first-order valence-corrected chi connectivity index (χ1v) is 7.06. The van der Waals surface area contributed by atoms with E-state index < -0.39 is 0 Å². The highest BCUT2D eigenvalue weighted by atomic mass is 16.1. The predicted octanol–water partition coefficient (Wildman–Crippen LogP) is 2.32. The molecule has 4 nitrogen and oxygen atoms in total. The molecule has 4 heteroatoms. The Balaban J connectivity index is 0.000000550. The van der Waals surface area contributed by atoms with Gasteiger partial charge in [0.1, 0.15) is 0 Å². The summed E-state index contributed by atoms with van der Waals surface area (Å²) in [5, 5.41) is 3.04. The van der Waals surface area contributed by atoms with Crippen LogP contribution in [0.3, 0.4) is 0 Å². The Labute approximate surface area is 116 Å². The number of piperidine rings is 1. The number of nitrogens with zero attached hydrogens (tertiary/aromatic N) is 2. The average Bonchev–Trinajstić information content (AvgIpc) is 2.40. The van der Waals surface area contributed by atoms with Gasteiger partial charge in [-0.1, -0.05) is 20.3 Å². The first kappa shape index (κ1) is 15.6. The van der Waals surface area contributed by atoms with Crippen molar-refractivity contribution < 1.29 is 4.79 Å². The average molecular weight is 263 g/mol. The summed E-state index contributed by atoms with van der Waals surface area (Å²) in [4.78, 5) is 18.0.